The third kappa shape index (κ3) is 5.31. The molecule has 0 spiro atoms. The maximum atomic E-state index is 11.6. The molecule has 0 aliphatic rings. The molecule has 1 N–H and O–H groups in total. The lowest BCUT2D eigenvalue weighted by molar-refractivity contribution is -0.121. The molecule has 5 heteroatoms. The zero-order valence-corrected chi connectivity index (χ0v) is 12.5. The Bertz CT molecular complexity index is 525. The van der Waals surface area contributed by atoms with Gasteiger partial charge in [0.05, 0.1) is 12.8 Å². The third-order valence-electron chi connectivity index (χ3n) is 2.67. The summed E-state index contributed by atoms with van der Waals surface area (Å²) in [6, 6.07) is 11.4. The molecule has 20 heavy (non-hydrogen) atoms. The number of thioether (sulfide) groups is 1. The van der Waals surface area contributed by atoms with Gasteiger partial charge in [-0.15, -0.1) is 11.8 Å². The van der Waals surface area contributed by atoms with E-state index in [1.165, 1.54) is 4.90 Å². The van der Waals surface area contributed by atoms with Gasteiger partial charge < -0.3 is 9.73 Å². The molecule has 0 aliphatic carbocycles. The fourth-order valence-corrected chi connectivity index (χ4v) is 2.62. The summed E-state index contributed by atoms with van der Waals surface area (Å²) in [6.07, 6.45) is 2.98. The first kappa shape index (κ1) is 15.0. The number of rotatable bonds is 7. The lowest BCUT2D eigenvalue weighted by Crippen LogP contribution is -2.22. The van der Waals surface area contributed by atoms with Crippen LogP contribution in [0.4, 0.5) is 0 Å². The number of amides is 1. The Morgan fingerprint density at radius 1 is 1.25 bits per heavy atom. The molecule has 0 saturated heterocycles. The van der Waals surface area contributed by atoms with E-state index in [4.69, 9.17) is 16.0 Å². The topological polar surface area (TPSA) is 42.2 Å². The van der Waals surface area contributed by atoms with Crippen molar-refractivity contribution in [2.75, 3.05) is 5.75 Å². The zero-order valence-electron chi connectivity index (χ0n) is 11.0. The van der Waals surface area contributed by atoms with Crippen molar-refractivity contribution in [3.63, 3.8) is 0 Å². The molecule has 3 nitrogen and oxygen atoms in total. The molecule has 0 bridgehead atoms. The molecule has 1 heterocycles. The van der Waals surface area contributed by atoms with Crippen LogP contribution in [-0.4, -0.2) is 11.7 Å². The molecule has 0 saturated carbocycles. The minimum atomic E-state index is 0.0538. The Morgan fingerprint density at radius 3 is 2.75 bits per heavy atom. The summed E-state index contributed by atoms with van der Waals surface area (Å²) < 4.78 is 5.15. The quantitative estimate of drug-likeness (QED) is 0.618. The number of carbonyl (C=O) groups is 1. The monoisotopic (exact) mass is 309 g/mol. The Morgan fingerprint density at radius 2 is 2.05 bits per heavy atom. The molecule has 0 aliphatic heterocycles. The van der Waals surface area contributed by atoms with Crippen molar-refractivity contribution in [2.45, 2.75) is 24.3 Å². The van der Waals surface area contributed by atoms with Crippen LogP contribution < -0.4 is 5.32 Å². The summed E-state index contributed by atoms with van der Waals surface area (Å²) in [7, 11) is 0. The van der Waals surface area contributed by atoms with E-state index in [0.29, 0.717) is 13.0 Å². The van der Waals surface area contributed by atoms with Gasteiger partial charge in [0.1, 0.15) is 5.76 Å². The van der Waals surface area contributed by atoms with Gasteiger partial charge in [-0.25, -0.2) is 0 Å². The first-order valence-corrected chi connectivity index (χ1v) is 7.78. The van der Waals surface area contributed by atoms with Gasteiger partial charge in [-0.3, -0.25) is 4.79 Å². The maximum absolute atomic E-state index is 11.6. The predicted octanol–water partition coefficient (Wildman–Crippen LogP) is 4.12. The second-order valence-corrected chi connectivity index (χ2v) is 5.87. The van der Waals surface area contributed by atoms with Crippen LogP contribution in [0.5, 0.6) is 0 Å². The van der Waals surface area contributed by atoms with Gasteiger partial charge in [0.25, 0.3) is 0 Å². The molecule has 106 valence electrons. The SMILES string of the molecule is O=C(CCCSc1ccc(Cl)cc1)NCc1ccco1. The molecule has 0 radical (unpaired) electrons. The number of furan rings is 1. The summed E-state index contributed by atoms with van der Waals surface area (Å²) in [5.41, 5.74) is 0. The fraction of sp³-hybridized carbons (Fsp3) is 0.267. The highest BCUT2D eigenvalue weighted by atomic mass is 35.5. The van der Waals surface area contributed by atoms with Gasteiger partial charge in [-0.05, 0) is 48.6 Å². The van der Waals surface area contributed by atoms with Crippen LogP contribution >= 0.6 is 23.4 Å². The Hall–Kier alpha value is -1.39. The number of hydrogen-bond donors (Lipinski definition) is 1. The van der Waals surface area contributed by atoms with E-state index < -0.39 is 0 Å². The van der Waals surface area contributed by atoms with Gasteiger partial charge in [0.2, 0.25) is 5.91 Å². The zero-order chi connectivity index (χ0) is 14.2. The molecule has 2 aromatic rings. The van der Waals surface area contributed by atoms with E-state index in [9.17, 15) is 4.79 Å². The highest BCUT2D eigenvalue weighted by Gasteiger charge is 2.03. The average Bonchev–Trinajstić information content (AvgIpc) is 2.96. The molecule has 0 fully saturated rings. The van der Waals surface area contributed by atoms with E-state index in [1.54, 1.807) is 18.0 Å². The normalized spacial score (nSPS) is 10.4. The lowest BCUT2D eigenvalue weighted by Gasteiger charge is -2.04. The van der Waals surface area contributed by atoms with Crippen molar-refractivity contribution < 1.29 is 9.21 Å². The highest BCUT2D eigenvalue weighted by Crippen LogP contribution is 2.21. The molecule has 0 unspecified atom stereocenters. The van der Waals surface area contributed by atoms with Crippen molar-refractivity contribution in [3.8, 4) is 0 Å². The van der Waals surface area contributed by atoms with E-state index in [-0.39, 0.29) is 5.91 Å². The van der Waals surface area contributed by atoms with Crippen molar-refractivity contribution in [3.05, 3.63) is 53.4 Å². The van der Waals surface area contributed by atoms with Gasteiger partial charge in [-0.1, -0.05) is 11.6 Å². The second kappa shape index (κ2) is 8.02. The molecule has 0 atom stereocenters. The van der Waals surface area contributed by atoms with Gasteiger partial charge in [0.15, 0.2) is 0 Å². The smallest absolute Gasteiger partial charge is 0.220 e. The maximum Gasteiger partial charge on any atom is 0.220 e. The Kier molecular flexibility index (Phi) is 6.02. The Labute approximate surface area is 127 Å². The Balaban J connectivity index is 1.58. The summed E-state index contributed by atoms with van der Waals surface area (Å²) in [5, 5.41) is 3.57. The largest absolute Gasteiger partial charge is 0.467 e. The van der Waals surface area contributed by atoms with Crippen LogP contribution in [0.1, 0.15) is 18.6 Å². The van der Waals surface area contributed by atoms with Crippen molar-refractivity contribution in [2.24, 2.45) is 0 Å². The van der Waals surface area contributed by atoms with E-state index in [1.807, 2.05) is 36.4 Å². The molecular formula is C15H16ClNO2S. The van der Waals surface area contributed by atoms with Gasteiger partial charge in [-0.2, -0.15) is 0 Å². The fourth-order valence-electron chi connectivity index (χ4n) is 1.64. The highest BCUT2D eigenvalue weighted by molar-refractivity contribution is 7.99. The summed E-state index contributed by atoms with van der Waals surface area (Å²) in [4.78, 5) is 12.8. The van der Waals surface area contributed by atoms with Crippen LogP contribution in [0.3, 0.4) is 0 Å². The summed E-state index contributed by atoms with van der Waals surface area (Å²) >= 11 is 7.55. The average molecular weight is 310 g/mol. The van der Waals surface area contributed by atoms with Crippen LogP contribution in [0, 0.1) is 0 Å². The first-order chi connectivity index (χ1) is 9.74. The molecule has 1 amide bonds. The van der Waals surface area contributed by atoms with E-state index in [0.717, 1.165) is 23.0 Å². The summed E-state index contributed by atoms with van der Waals surface area (Å²) in [5.74, 6) is 1.74. The van der Waals surface area contributed by atoms with Gasteiger partial charge in [0, 0.05) is 16.3 Å². The third-order valence-corrected chi connectivity index (χ3v) is 4.02. The molecule has 2 rings (SSSR count). The number of carbonyl (C=O) groups excluding carboxylic acids is 1. The van der Waals surface area contributed by atoms with Crippen LogP contribution in [0.25, 0.3) is 0 Å². The molecule has 1 aromatic carbocycles. The number of halogens is 1. The van der Waals surface area contributed by atoms with Crippen LogP contribution in [0.15, 0.2) is 52.0 Å². The number of benzene rings is 1. The molecular weight excluding hydrogens is 294 g/mol. The van der Waals surface area contributed by atoms with Crippen LogP contribution in [0.2, 0.25) is 5.02 Å². The van der Waals surface area contributed by atoms with Crippen LogP contribution in [-0.2, 0) is 11.3 Å². The number of hydrogen-bond acceptors (Lipinski definition) is 3. The second-order valence-electron chi connectivity index (χ2n) is 4.26. The molecule has 1 aromatic heterocycles. The van der Waals surface area contributed by atoms with E-state index >= 15 is 0 Å². The van der Waals surface area contributed by atoms with Gasteiger partial charge >= 0.3 is 0 Å². The predicted molar refractivity (Wildman–Crippen MR) is 82.0 cm³/mol. The standard InChI is InChI=1S/C15H16ClNO2S/c16-12-5-7-14(8-6-12)20-10-2-4-15(18)17-11-13-3-1-9-19-13/h1,3,5-9H,2,4,10-11H2,(H,17,18). The number of nitrogens with one attached hydrogen (secondary N) is 1. The summed E-state index contributed by atoms with van der Waals surface area (Å²) in [6.45, 7) is 0.455. The minimum Gasteiger partial charge on any atom is -0.467 e. The minimum absolute atomic E-state index is 0.0538. The first-order valence-electron chi connectivity index (χ1n) is 6.41. The van der Waals surface area contributed by atoms with Crippen molar-refractivity contribution in [1.82, 2.24) is 5.32 Å². The van der Waals surface area contributed by atoms with Crippen molar-refractivity contribution in [1.29, 1.82) is 0 Å². The van der Waals surface area contributed by atoms with Crippen molar-refractivity contribution >= 4 is 29.3 Å². The van der Waals surface area contributed by atoms with E-state index in [2.05, 4.69) is 5.32 Å². The lowest BCUT2D eigenvalue weighted by atomic mass is 10.3.